The van der Waals surface area contributed by atoms with Gasteiger partial charge in [-0.1, -0.05) is 42.5 Å². The molecule has 3 heterocycles. The summed E-state index contributed by atoms with van der Waals surface area (Å²) in [5, 5.41) is 38.2. The monoisotopic (exact) mass is 479 g/mol. The third-order valence-corrected chi connectivity index (χ3v) is 6.55. The molecule has 6 aromatic rings. The summed E-state index contributed by atoms with van der Waals surface area (Å²) in [6, 6.07) is 20.3. The molecule has 0 aliphatic heterocycles. The number of nitrogens with zero attached hydrogens (tertiary/aromatic N) is 5. The summed E-state index contributed by atoms with van der Waals surface area (Å²) in [7, 11) is 0. The Labute approximate surface area is 202 Å². The van der Waals surface area contributed by atoms with Crippen molar-refractivity contribution in [1.29, 1.82) is 0 Å². The van der Waals surface area contributed by atoms with Crippen LogP contribution in [0.25, 0.3) is 38.9 Å². The van der Waals surface area contributed by atoms with Crippen LogP contribution in [-0.4, -0.2) is 25.9 Å². The van der Waals surface area contributed by atoms with Crippen LogP contribution >= 0.6 is 0 Å². The van der Waals surface area contributed by atoms with Gasteiger partial charge in [-0.3, -0.25) is 9.42 Å². The number of carbonyl (C=O) groups is 1. The molecule has 3 aromatic carbocycles. The Morgan fingerprint density at radius 1 is 0.944 bits per heavy atom. The molecule has 0 unspecified atom stereocenters. The average molecular weight is 479 g/mol. The van der Waals surface area contributed by atoms with E-state index in [1.807, 2.05) is 42.5 Å². The molecular weight excluding hydrogens is 462 g/mol. The molecule has 0 spiro atoms. The summed E-state index contributed by atoms with van der Waals surface area (Å²) < 4.78 is 4.70. The molecule has 0 radical (unpaired) electrons. The Hall–Kier alpha value is -5.19. The van der Waals surface area contributed by atoms with Crippen molar-refractivity contribution in [2.45, 2.75) is 12.8 Å². The Morgan fingerprint density at radius 3 is 2.64 bits per heavy atom. The van der Waals surface area contributed by atoms with Gasteiger partial charge in [0.15, 0.2) is 5.69 Å². The molecule has 176 valence electrons. The molecule has 2 N–H and O–H groups in total. The van der Waals surface area contributed by atoms with Crippen molar-refractivity contribution < 1.29 is 19.2 Å². The highest BCUT2D eigenvalue weighted by Gasteiger charge is 2.39. The third-order valence-electron chi connectivity index (χ3n) is 6.55. The number of amides is 1. The van der Waals surface area contributed by atoms with E-state index in [2.05, 4.69) is 20.6 Å². The van der Waals surface area contributed by atoms with E-state index >= 15 is 0 Å². The van der Waals surface area contributed by atoms with Gasteiger partial charge in [-0.2, -0.15) is 0 Å². The second kappa shape index (κ2) is 7.40. The van der Waals surface area contributed by atoms with Gasteiger partial charge >= 0.3 is 11.4 Å². The minimum Gasteiger partial charge on any atom is -0.692 e. The van der Waals surface area contributed by atoms with Crippen LogP contribution in [0.1, 0.15) is 21.7 Å². The van der Waals surface area contributed by atoms with E-state index in [1.54, 1.807) is 24.3 Å². The fourth-order valence-corrected chi connectivity index (χ4v) is 4.85. The Bertz CT molecular complexity index is 1830. The van der Waals surface area contributed by atoms with E-state index in [-0.39, 0.29) is 17.0 Å². The number of fused-ring (bicyclic) bond motifs is 6. The average Bonchev–Trinajstić information content (AvgIpc) is 3.58. The number of rotatable bonds is 3. The standard InChI is InChI=1S/C25H17N7O4/c33-25(27-18-10-5-8-15-14-6-1-3-9-17(14)26-22(15)18)16-7-2-4-11-19(16)30-28-23-20(31(30)34)12-13-21-24(23)29-36-32(21)35/h1-11,26H,12-13H2,(H,27,33). The highest BCUT2D eigenvalue weighted by atomic mass is 16.8. The van der Waals surface area contributed by atoms with Crippen LogP contribution in [0.5, 0.6) is 0 Å². The normalized spacial score (nSPS) is 12.6. The van der Waals surface area contributed by atoms with E-state index in [1.165, 1.54) is 0 Å². The number of hydrogen-bond acceptors (Lipinski definition) is 6. The van der Waals surface area contributed by atoms with Gasteiger partial charge in [0, 0.05) is 29.1 Å². The van der Waals surface area contributed by atoms with Crippen LogP contribution in [0.15, 0.2) is 71.4 Å². The summed E-state index contributed by atoms with van der Waals surface area (Å²) in [4.78, 5) is 18.9. The predicted molar refractivity (Wildman–Crippen MR) is 128 cm³/mol. The van der Waals surface area contributed by atoms with Crippen molar-refractivity contribution in [2.24, 2.45) is 0 Å². The molecule has 0 bridgehead atoms. The van der Waals surface area contributed by atoms with Gasteiger partial charge < -0.3 is 20.7 Å². The van der Waals surface area contributed by atoms with Gasteiger partial charge in [0.1, 0.15) is 5.69 Å². The number of hydrogen-bond donors (Lipinski definition) is 2. The third kappa shape index (κ3) is 2.83. The molecule has 1 aliphatic carbocycles. The van der Waals surface area contributed by atoms with E-state index in [4.69, 9.17) is 4.63 Å². The fraction of sp³-hybridized carbons (Fsp3) is 0.0800. The molecule has 0 atom stereocenters. The molecule has 7 rings (SSSR count). The summed E-state index contributed by atoms with van der Waals surface area (Å²) in [6.45, 7) is 0. The van der Waals surface area contributed by atoms with Crippen LogP contribution < -0.4 is 15.1 Å². The van der Waals surface area contributed by atoms with Crippen LogP contribution in [0.3, 0.4) is 0 Å². The second-order valence-corrected chi connectivity index (χ2v) is 8.55. The van der Waals surface area contributed by atoms with E-state index in [9.17, 15) is 15.2 Å². The van der Waals surface area contributed by atoms with Crippen molar-refractivity contribution in [3.63, 3.8) is 0 Å². The summed E-state index contributed by atoms with van der Waals surface area (Å²) in [5.41, 5.74) is 4.13. The maximum absolute atomic E-state index is 13.5. The number of para-hydroxylation sites is 3. The number of benzene rings is 3. The maximum atomic E-state index is 13.5. The predicted octanol–water partition coefficient (Wildman–Crippen LogP) is 2.78. The first-order valence-electron chi connectivity index (χ1n) is 11.3. The zero-order valence-electron chi connectivity index (χ0n) is 18.6. The van der Waals surface area contributed by atoms with Gasteiger partial charge in [0.25, 0.3) is 5.91 Å². The van der Waals surface area contributed by atoms with E-state index in [0.29, 0.717) is 45.4 Å². The highest BCUT2D eigenvalue weighted by Crippen LogP contribution is 2.31. The van der Waals surface area contributed by atoms with Crippen LogP contribution in [0.2, 0.25) is 0 Å². The summed E-state index contributed by atoms with van der Waals surface area (Å²) in [6.07, 6.45) is 0.603. The SMILES string of the molecule is O=C(Nc1cccc2c1[nH]c1ccccc12)c1ccccc1-n1nc2c([n+]1[O-])CCc1c-2no[n+]1[O-]. The van der Waals surface area contributed by atoms with Crippen LogP contribution in [0, 0.1) is 10.4 Å². The number of aromatic amines is 1. The topological polar surface area (TPSA) is 143 Å². The molecule has 11 nitrogen and oxygen atoms in total. The van der Waals surface area contributed by atoms with Crippen molar-refractivity contribution in [3.05, 3.63) is 94.1 Å². The smallest absolute Gasteiger partial charge is 0.303 e. The second-order valence-electron chi connectivity index (χ2n) is 8.55. The Morgan fingerprint density at radius 2 is 1.72 bits per heavy atom. The molecule has 11 heteroatoms. The number of aromatic nitrogens is 6. The summed E-state index contributed by atoms with van der Waals surface area (Å²) in [5.74, 6) is -0.398. The van der Waals surface area contributed by atoms with Gasteiger partial charge in [-0.25, -0.2) is 0 Å². The molecule has 1 aliphatic rings. The molecular formula is C25H17N7O4. The van der Waals surface area contributed by atoms with Gasteiger partial charge in [-0.05, 0) is 34.0 Å². The molecule has 36 heavy (non-hydrogen) atoms. The van der Waals surface area contributed by atoms with E-state index in [0.717, 1.165) is 26.6 Å². The lowest BCUT2D eigenvalue weighted by Gasteiger charge is -2.11. The Kier molecular flexibility index (Phi) is 4.16. The van der Waals surface area contributed by atoms with Crippen molar-refractivity contribution in [3.8, 4) is 17.1 Å². The molecule has 3 aromatic heterocycles. The quantitative estimate of drug-likeness (QED) is 0.295. The first-order valence-corrected chi connectivity index (χ1v) is 11.3. The van der Waals surface area contributed by atoms with Gasteiger partial charge in [0.05, 0.1) is 27.0 Å². The minimum atomic E-state index is -0.398. The molecule has 0 saturated carbocycles. The molecule has 0 fully saturated rings. The van der Waals surface area contributed by atoms with Crippen LogP contribution in [0.4, 0.5) is 5.69 Å². The molecule has 0 saturated heterocycles. The number of anilines is 1. The lowest BCUT2D eigenvalue weighted by atomic mass is 10.0. The zero-order chi connectivity index (χ0) is 24.4. The number of carbonyl (C=O) groups excluding carboxylic acids is 1. The summed E-state index contributed by atoms with van der Waals surface area (Å²) >= 11 is 0. The maximum Gasteiger partial charge on any atom is 0.303 e. The largest absolute Gasteiger partial charge is 0.692 e. The van der Waals surface area contributed by atoms with Crippen molar-refractivity contribution in [1.82, 2.24) is 20.0 Å². The Balaban J connectivity index is 1.30. The number of H-pyrrole nitrogens is 1. The first kappa shape index (κ1) is 20.2. The molecule has 1 amide bonds. The van der Waals surface area contributed by atoms with Crippen LogP contribution in [-0.2, 0) is 12.8 Å². The fourth-order valence-electron chi connectivity index (χ4n) is 4.85. The lowest BCUT2D eigenvalue weighted by molar-refractivity contribution is -0.808. The zero-order valence-corrected chi connectivity index (χ0v) is 18.6. The van der Waals surface area contributed by atoms with Crippen molar-refractivity contribution in [2.75, 3.05) is 5.32 Å². The highest BCUT2D eigenvalue weighted by molar-refractivity contribution is 6.15. The minimum absolute atomic E-state index is 0.238. The first-order chi connectivity index (χ1) is 17.6. The number of nitrogens with one attached hydrogen (secondary N) is 2. The van der Waals surface area contributed by atoms with E-state index < -0.39 is 5.91 Å². The lowest BCUT2D eigenvalue weighted by Crippen LogP contribution is -2.42. The van der Waals surface area contributed by atoms with Gasteiger partial charge in [0.2, 0.25) is 5.69 Å². The van der Waals surface area contributed by atoms with Crippen molar-refractivity contribution >= 4 is 33.4 Å². The van der Waals surface area contributed by atoms with Gasteiger partial charge in [-0.15, -0.1) is 4.85 Å².